The molecule has 3 aromatic carbocycles. The molecular formula is C30H37N3O4. The lowest BCUT2D eigenvalue weighted by Crippen LogP contribution is -2.47. The molecule has 0 radical (unpaired) electrons. The van der Waals surface area contributed by atoms with Crippen molar-refractivity contribution < 1.29 is 19.1 Å². The summed E-state index contributed by atoms with van der Waals surface area (Å²) >= 11 is 0. The zero-order valence-corrected chi connectivity index (χ0v) is 22.3. The second kappa shape index (κ2) is 12.4. The Labute approximate surface area is 219 Å². The molecule has 2 N–H and O–H groups in total. The molecule has 3 amide bonds. The number of hydrogen-bond donors (Lipinski definition) is 2. The molecule has 0 saturated carbocycles. The van der Waals surface area contributed by atoms with E-state index in [0.29, 0.717) is 18.7 Å². The first-order valence-corrected chi connectivity index (χ1v) is 12.7. The quantitative estimate of drug-likeness (QED) is 0.376. The van der Waals surface area contributed by atoms with Gasteiger partial charge in [0.25, 0.3) is 5.91 Å². The fraction of sp³-hybridized carbons (Fsp3) is 0.367. The molecule has 0 fully saturated rings. The number of anilines is 1. The number of nitrogens with zero attached hydrogens (tertiary/aromatic N) is 1. The summed E-state index contributed by atoms with van der Waals surface area (Å²) in [6.45, 7) is 9.32. The lowest BCUT2D eigenvalue weighted by atomic mass is 9.98. The highest BCUT2D eigenvalue weighted by Crippen LogP contribution is 2.27. The van der Waals surface area contributed by atoms with Crippen LogP contribution < -0.4 is 10.6 Å². The minimum atomic E-state index is -0.868. The van der Waals surface area contributed by atoms with Crippen molar-refractivity contribution in [3.8, 4) is 0 Å². The van der Waals surface area contributed by atoms with Gasteiger partial charge in [-0.1, -0.05) is 67.9 Å². The topological polar surface area (TPSA) is 87.7 Å². The third-order valence-electron chi connectivity index (χ3n) is 5.92. The summed E-state index contributed by atoms with van der Waals surface area (Å²) in [6, 6.07) is 20.3. The third-order valence-corrected chi connectivity index (χ3v) is 5.92. The molecule has 0 bridgehead atoms. The first kappa shape index (κ1) is 27.7. The summed E-state index contributed by atoms with van der Waals surface area (Å²) in [6.07, 6.45) is 0.879. The van der Waals surface area contributed by atoms with E-state index in [1.165, 1.54) is 0 Å². The Morgan fingerprint density at radius 1 is 0.946 bits per heavy atom. The average molecular weight is 504 g/mol. The maximum absolute atomic E-state index is 13.8. The van der Waals surface area contributed by atoms with Gasteiger partial charge < -0.3 is 20.3 Å². The normalized spacial score (nSPS) is 12.0. The van der Waals surface area contributed by atoms with Gasteiger partial charge in [-0.05, 0) is 68.1 Å². The van der Waals surface area contributed by atoms with Crippen LogP contribution in [0.3, 0.4) is 0 Å². The van der Waals surface area contributed by atoms with Crippen LogP contribution in [0.15, 0.2) is 66.7 Å². The van der Waals surface area contributed by atoms with Crippen LogP contribution in [0.25, 0.3) is 10.8 Å². The molecule has 37 heavy (non-hydrogen) atoms. The van der Waals surface area contributed by atoms with E-state index in [-0.39, 0.29) is 18.4 Å². The van der Waals surface area contributed by atoms with Crippen LogP contribution in [0.5, 0.6) is 0 Å². The molecule has 7 nitrogen and oxygen atoms in total. The van der Waals surface area contributed by atoms with E-state index in [9.17, 15) is 14.4 Å². The van der Waals surface area contributed by atoms with E-state index in [1.807, 2.05) is 80.6 Å². The van der Waals surface area contributed by atoms with Crippen molar-refractivity contribution in [3.05, 3.63) is 77.9 Å². The molecule has 196 valence electrons. The number of alkyl carbamates (subject to hydrolysis) is 1. The van der Waals surface area contributed by atoms with Crippen molar-refractivity contribution in [2.75, 3.05) is 18.4 Å². The maximum Gasteiger partial charge on any atom is 0.408 e. The van der Waals surface area contributed by atoms with Crippen molar-refractivity contribution in [2.24, 2.45) is 0 Å². The molecule has 0 aliphatic heterocycles. The number of rotatable bonds is 9. The number of unbranched alkanes of at least 4 members (excludes halogenated alkanes) is 1. The van der Waals surface area contributed by atoms with Crippen molar-refractivity contribution >= 4 is 34.4 Å². The summed E-state index contributed by atoms with van der Waals surface area (Å²) in [5, 5.41) is 7.64. The molecule has 0 saturated heterocycles. The zero-order chi connectivity index (χ0) is 27.0. The van der Waals surface area contributed by atoms with Gasteiger partial charge in [0.15, 0.2) is 0 Å². The molecular weight excluding hydrogens is 466 g/mol. The number of carbonyl (C=O) groups is 3. The van der Waals surface area contributed by atoms with Gasteiger partial charge in [0.2, 0.25) is 5.91 Å². The van der Waals surface area contributed by atoms with Gasteiger partial charge in [0.1, 0.15) is 18.2 Å². The molecule has 0 heterocycles. The van der Waals surface area contributed by atoms with Crippen molar-refractivity contribution in [3.63, 3.8) is 0 Å². The Kier molecular flexibility index (Phi) is 9.28. The second-order valence-corrected chi connectivity index (χ2v) is 10.1. The summed E-state index contributed by atoms with van der Waals surface area (Å²) in [4.78, 5) is 41.0. The second-order valence-electron chi connectivity index (χ2n) is 10.1. The van der Waals surface area contributed by atoms with Gasteiger partial charge in [0.05, 0.1) is 0 Å². The van der Waals surface area contributed by atoms with Crippen molar-refractivity contribution in [2.45, 2.75) is 59.1 Å². The van der Waals surface area contributed by atoms with E-state index < -0.39 is 17.7 Å². The summed E-state index contributed by atoms with van der Waals surface area (Å²) in [7, 11) is 0. The minimum Gasteiger partial charge on any atom is -0.444 e. The number of amides is 3. The van der Waals surface area contributed by atoms with Gasteiger partial charge in [0, 0.05) is 12.2 Å². The molecule has 1 atom stereocenters. The van der Waals surface area contributed by atoms with E-state index >= 15 is 0 Å². The van der Waals surface area contributed by atoms with Gasteiger partial charge in [-0.3, -0.25) is 9.59 Å². The average Bonchev–Trinajstić information content (AvgIpc) is 2.84. The highest BCUT2D eigenvalue weighted by molar-refractivity contribution is 6.00. The fourth-order valence-electron chi connectivity index (χ4n) is 4.11. The van der Waals surface area contributed by atoms with Crippen LogP contribution in [-0.4, -0.2) is 41.5 Å². The largest absolute Gasteiger partial charge is 0.444 e. The summed E-state index contributed by atoms with van der Waals surface area (Å²) in [5.41, 5.74) is 1.61. The number of fused-ring (bicyclic) bond motifs is 1. The lowest BCUT2D eigenvalue weighted by molar-refractivity contribution is -0.138. The number of ether oxygens (including phenoxy) is 1. The zero-order valence-electron chi connectivity index (χ0n) is 22.3. The van der Waals surface area contributed by atoms with Gasteiger partial charge in [-0.2, -0.15) is 0 Å². The lowest BCUT2D eigenvalue weighted by Gasteiger charge is -2.32. The molecule has 0 aliphatic rings. The number of nitrogens with one attached hydrogen (secondary N) is 2. The minimum absolute atomic E-state index is 0.274. The third kappa shape index (κ3) is 7.81. The molecule has 0 aliphatic carbocycles. The first-order valence-electron chi connectivity index (χ1n) is 12.7. The Balaban J connectivity index is 1.91. The monoisotopic (exact) mass is 503 g/mol. The molecule has 0 aromatic heterocycles. The number of benzene rings is 3. The van der Waals surface area contributed by atoms with Gasteiger partial charge in [-0.25, -0.2) is 4.79 Å². The van der Waals surface area contributed by atoms with E-state index in [1.54, 1.807) is 25.7 Å². The smallest absolute Gasteiger partial charge is 0.408 e. The first-order chi connectivity index (χ1) is 17.6. The van der Waals surface area contributed by atoms with Crippen LogP contribution in [-0.2, 0) is 14.3 Å². The molecule has 7 heteroatoms. The number of hydrogen-bond acceptors (Lipinski definition) is 4. The number of carbonyl (C=O) groups excluding carboxylic acids is 3. The van der Waals surface area contributed by atoms with Crippen LogP contribution >= 0.6 is 0 Å². The van der Waals surface area contributed by atoms with Gasteiger partial charge in [-0.15, -0.1) is 0 Å². The Hall–Kier alpha value is -3.87. The van der Waals surface area contributed by atoms with Crippen LogP contribution in [0.2, 0.25) is 0 Å². The van der Waals surface area contributed by atoms with Crippen LogP contribution in [0.4, 0.5) is 10.5 Å². The van der Waals surface area contributed by atoms with Crippen molar-refractivity contribution in [1.29, 1.82) is 0 Å². The Morgan fingerprint density at radius 3 is 2.30 bits per heavy atom. The van der Waals surface area contributed by atoms with Crippen LogP contribution in [0.1, 0.15) is 57.7 Å². The van der Waals surface area contributed by atoms with Gasteiger partial charge >= 0.3 is 6.09 Å². The highest BCUT2D eigenvalue weighted by Gasteiger charge is 2.32. The van der Waals surface area contributed by atoms with E-state index in [0.717, 1.165) is 28.3 Å². The highest BCUT2D eigenvalue weighted by atomic mass is 16.6. The van der Waals surface area contributed by atoms with E-state index in [4.69, 9.17) is 4.74 Å². The SMILES string of the molecule is CCCCN(C(=O)CNC(=O)OC(C)(C)C)C(C(=O)Nc1ccc2ccccc2c1)c1ccccc1C. The maximum atomic E-state index is 13.8. The summed E-state index contributed by atoms with van der Waals surface area (Å²) in [5.74, 6) is -0.674. The standard InChI is InChI=1S/C30H37N3O4/c1-6-7-18-33(26(34)20-31-29(36)37-30(3,4)5)27(25-15-11-8-12-21(25)2)28(35)32-24-17-16-22-13-9-10-14-23(22)19-24/h8-17,19,27H,6-7,18,20H2,1-5H3,(H,31,36)(H,32,35). The van der Waals surface area contributed by atoms with Crippen molar-refractivity contribution in [1.82, 2.24) is 10.2 Å². The Morgan fingerprint density at radius 2 is 1.62 bits per heavy atom. The molecule has 3 aromatic rings. The van der Waals surface area contributed by atoms with Crippen LogP contribution in [0, 0.1) is 6.92 Å². The molecule has 0 spiro atoms. The number of aryl methyl sites for hydroxylation is 1. The fourth-order valence-corrected chi connectivity index (χ4v) is 4.11. The molecule has 1 unspecified atom stereocenters. The Bertz CT molecular complexity index is 1250. The summed E-state index contributed by atoms with van der Waals surface area (Å²) < 4.78 is 5.27. The predicted octanol–water partition coefficient (Wildman–Crippen LogP) is 5.98. The van der Waals surface area contributed by atoms with E-state index in [2.05, 4.69) is 10.6 Å². The predicted molar refractivity (Wildman–Crippen MR) is 147 cm³/mol. The molecule has 3 rings (SSSR count).